The molecule has 1 N–H and O–H groups in total. The van der Waals surface area contributed by atoms with Crippen LogP contribution in [0.1, 0.15) is 25.7 Å². The number of hydrogen-bond donors (Lipinski definition) is 1. The molecule has 2 aliphatic rings. The second-order valence-electron chi connectivity index (χ2n) is 4.07. The number of Topliss-reactive ketones (excluding diaryl/α,β-unsaturated/α-hetero) is 3. The van der Waals surface area contributed by atoms with Crippen LogP contribution >= 0.6 is 0 Å². The molecule has 0 aromatic carbocycles. The Morgan fingerprint density at radius 3 is 2.00 bits per heavy atom. The van der Waals surface area contributed by atoms with Crippen LogP contribution in [0.15, 0.2) is 35.1 Å². The van der Waals surface area contributed by atoms with Gasteiger partial charge >= 0.3 is 0 Å². The number of ketones is 3. The van der Waals surface area contributed by atoms with Crippen molar-refractivity contribution in [3.8, 4) is 0 Å². The topological polar surface area (TPSA) is 71.4 Å². The normalized spacial score (nSPS) is 21.2. The average molecular weight is 232 g/mol. The molecule has 0 radical (unpaired) electrons. The molecule has 0 bridgehead atoms. The van der Waals surface area contributed by atoms with E-state index >= 15 is 0 Å². The third-order valence-corrected chi connectivity index (χ3v) is 2.91. The van der Waals surface area contributed by atoms with Crippen molar-refractivity contribution in [2.75, 3.05) is 0 Å². The number of carbonyl (C=O) groups excluding carboxylic acids is 3. The Bertz CT molecular complexity index is 474. The summed E-state index contributed by atoms with van der Waals surface area (Å²) in [4.78, 5) is 33.9. The molecule has 2 aliphatic carbocycles. The van der Waals surface area contributed by atoms with Gasteiger partial charge in [0.1, 0.15) is 5.76 Å². The summed E-state index contributed by atoms with van der Waals surface area (Å²) in [6.45, 7) is 0. The van der Waals surface area contributed by atoms with Crippen LogP contribution in [0.4, 0.5) is 0 Å². The number of carbonyl (C=O) groups is 3. The summed E-state index contributed by atoms with van der Waals surface area (Å²) in [5.74, 6) is -0.346. The maximum absolute atomic E-state index is 11.3. The smallest absolute Gasteiger partial charge is 0.166 e. The quantitative estimate of drug-likeness (QED) is 0.579. The minimum absolute atomic E-state index is 0.0775. The van der Waals surface area contributed by atoms with Crippen LogP contribution in [0.5, 0.6) is 0 Å². The molecule has 4 nitrogen and oxygen atoms in total. The van der Waals surface area contributed by atoms with E-state index in [1.807, 2.05) is 0 Å². The maximum Gasteiger partial charge on any atom is 0.166 e. The molecule has 0 unspecified atom stereocenters. The molecule has 2 rings (SSSR count). The van der Waals surface area contributed by atoms with Gasteiger partial charge in [-0.25, -0.2) is 0 Å². The fourth-order valence-electron chi connectivity index (χ4n) is 1.93. The van der Waals surface area contributed by atoms with Crippen LogP contribution in [0, 0.1) is 0 Å². The number of aliphatic hydroxyl groups is 1. The summed E-state index contributed by atoms with van der Waals surface area (Å²) >= 11 is 0. The van der Waals surface area contributed by atoms with Gasteiger partial charge < -0.3 is 5.11 Å². The molecule has 0 heterocycles. The lowest BCUT2D eigenvalue weighted by Crippen LogP contribution is -1.98. The zero-order valence-corrected chi connectivity index (χ0v) is 9.23. The summed E-state index contributed by atoms with van der Waals surface area (Å²) < 4.78 is 0. The van der Waals surface area contributed by atoms with Gasteiger partial charge in [0.05, 0.1) is 11.1 Å². The fourth-order valence-corrected chi connectivity index (χ4v) is 1.93. The summed E-state index contributed by atoms with van der Waals surface area (Å²) in [5, 5.41) is 9.41. The van der Waals surface area contributed by atoms with Gasteiger partial charge in [-0.1, -0.05) is 6.08 Å². The van der Waals surface area contributed by atoms with Crippen LogP contribution in [-0.4, -0.2) is 22.5 Å². The molecule has 0 amide bonds. The van der Waals surface area contributed by atoms with Gasteiger partial charge in [0, 0.05) is 25.7 Å². The predicted molar refractivity (Wildman–Crippen MR) is 60.4 cm³/mol. The Kier molecular flexibility index (Phi) is 3.04. The first-order valence-corrected chi connectivity index (χ1v) is 5.49. The first kappa shape index (κ1) is 11.5. The zero-order valence-electron chi connectivity index (χ0n) is 9.23. The SMILES string of the molecule is O=C1CCC(=O)C1=C/C=C/C1=C(O)CCC1=O. The molecule has 1 saturated carbocycles. The Hall–Kier alpha value is -1.97. The number of allylic oxidation sites excluding steroid dienone is 6. The molecule has 0 spiro atoms. The second kappa shape index (κ2) is 4.49. The molecule has 0 aliphatic heterocycles. The van der Waals surface area contributed by atoms with E-state index in [-0.39, 0.29) is 47.1 Å². The highest BCUT2D eigenvalue weighted by atomic mass is 16.3. The lowest BCUT2D eigenvalue weighted by Gasteiger charge is -1.92. The first-order valence-electron chi connectivity index (χ1n) is 5.49. The van der Waals surface area contributed by atoms with Crippen molar-refractivity contribution in [1.82, 2.24) is 0 Å². The van der Waals surface area contributed by atoms with Crippen molar-refractivity contribution in [2.45, 2.75) is 25.7 Å². The predicted octanol–water partition coefficient (Wildman–Crippen LogP) is 1.58. The van der Waals surface area contributed by atoms with Crippen molar-refractivity contribution in [3.63, 3.8) is 0 Å². The van der Waals surface area contributed by atoms with E-state index in [1.165, 1.54) is 18.2 Å². The van der Waals surface area contributed by atoms with Gasteiger partial charge in [-0.2, -0.15) is 0 Å². The van der Waals surface area contributed by atoms with Crippen LogP contribution in [0.25, 0.3) is 0 Å². The molecule has 88 valence electrons. The zero-order chi connectivity index (χ0) is 12.4. The van der Waals surface area contributed by atoms with E-state index in [0.717, 1.165) is 0 Å². The van der Waals surface area contributed by atoms with Crippen molar-refractivity contribution in [3.05, 3.63) is 35.1 Å². The third-order valence-electron chi connectivity index (χ3n) is 2.91. The molecule has 17 heavy (non-hydrogen) atoms. The fraction of sp³-hybridized carbons (Fsp3) is 0.308. The standard InChI is InChI=1S/C13H12O4/c14-10-4-5-11(15)8(10)2-1-3-9-12(16)6-7-13(9)17/h1-3,14H,4-7H2/b2-1+. The summed E-state index contributed by atoms with van der Waals surface area (Å²) in [5.41, 5.74) is 0.464. The highest BCUT2D eigenvalue weighted by Crippen LogP contribution is 2.22. The van der Waals surface area contributed by atoms with E-state index < -0.39 is 0 Å². The Labute approximate surface area is 98.3 Å². The molecule has 0 aromatic rings. The van der Waals surface area contributed by atoms with Crippen LogP contribution in [0.2, 0.25) is 0 Å². The molecular weight excluding hydrogens is 220 g/mol. The van der Waals surface area contributed by atoms with Gasteiger partial charge in [-0.3, -0.25) is 14.4 Å². The monoisotopic (exact) mass is 232 g/mol. The van der Waals surface area contributed by atoms with E-state index in [1.54, 1.807) is 0 Å². The largest absolute Gasteiger partial charge is 0.512 e. The van der Waals surface area contributed by atoms with Crippen LogP contribution < -0.4 is 0 Å². The molecular formula is C13H12O4. The van der Waals surface area contributed by atoms with Gasteiger partial charge in [0.25, 0.3) is 0 Å². The summed E-state index contributed by atoms with van der Waals surface area (Å²) in [6, 6.07) is 0. The number of hydrogen-bond acceptors (Lipinski definition) is 4. The first-order chi connectivity index (χ1) is 8.09. The highest BCUT2D eigenvalue weighted by molar-refractivity contribution is 6.25. The van der Waals surface area contributed by atoms with Crippen LogP contribution in [-0.2, 0) is 14.4 Å². The van der Waals surface area contributed by atoms with Crippen molar-refractivity contribution in [2.24, 2.45) is 0 Å². The number of aliphatic hydroxyl groups excluding tert-OH is 1. The molecule has 0 atom stereocenters. The number of rotatable bonds is 2. The molecule has 1 fully saturated rings. The summed E-state index contributed by atoms with van der Waals surface area (Å²) in [7, 11) is 0. The Balaban J connectivity index is 2.15. The Morgan fingerprint density at radius 2 is 1.47 bits per heavy atom. The second-order valence-corrected chi connectivity index (χ2v) is 4.07. The lowest BCUT2D eigenvalue weighted by molar-refractivity contribution is -0.117. The van der Waals surface area contributed by atoms with Crippen molar-refractivity contribution in [1.29, 1.82) is 0 Å². The summed E-state index contributed by atoms with van der Waals surface area (Å²) in [6.07, 6.45) is 5.58. The Morgan fingerprint density at radius 1 is 0.882 bits per heavy atom. The lowest BCUT2D eigenvalue weighted by atomic mass is 10.1. The molecule has 4 heteroatoms. The van der Waals surface area contributed by atoms with Crippen LogP contribution in [0.3, 0.4) is 0 Å². The van der Waals surface area contributed by atoms with E-state index in [4.69, 9.17) is 0 Å². The van der Waals surface area contributed by atoms with Gasteiger partial charge in [-0.15, -0.1) is 0 Å². The van der Waals surface area contributed by atoms with Crippen molar-refractivity contribution < 1.29 is 19.5 Å². The van der Waals surface area contributed by atoms with Gasteiger partial charge in [0.15, 0.2) is 17.3 Å². The maximum atomic E-state index is 11.3. The highest BCUT2D eigenvalue weighted by Gasteiger charge is 2.25. The van der Waals surface area contributed by atoms with Gasteiger partial charge in [-0.05, 0) is 12.2 Å². The molecule has 0 aromatic heterocycles. The van der Waals surface area contributed by atoms with E-state index in [0.29, 0.717) is 12.8 Å². The third kappa shape index (κ3) is 2.25. The minimum atomic E-state index is -0.157. The molecule has 0 saturated heterocycles. The minimum Gasteiger partial charge on any atom is -0.512 e. The van der Waals surface area contributed by atoms with E-state index in [2.05, 4.69) is 0 Å². The average Bonchev–Trinajstić information content (AvgIpc) is 2.77. The van der Waals surface area contributed by atoms with Gasteiger partial charge in [0.2, 0.25) is 0 Å². The van der Waals surface area contributed by atoms with E-state index in [9.17, 15) is 19.5 Å². The van der Waals surface area contributed by atoms with Crippen molar-refractivity contribution >= 4 is 17.3 Å².